The molecule has 3 heteroatoms. The van der Waals surface area contributed by atoms with Crippen molar-refractivity contribution < 1.29 is 4.79 Å². The Balaban J connectivity index is 2.09. The van der Waals surface area contributed by atoms with Crippen LogP contribution in [-0.2, 0) is 0 Å². The van der Waals surface area contributed by atoms with E-state index in [9.17, 15) is 4.79 Å². The SMILES string of the molecule is Cc1cc(C(=O)NC2CC2(C)C)ccc1C#CCN. The lowest BCUT2D eigenvalue weighted by molar-refractivity contribution is 0.0946. The Bertz CT molecular complexity index is 564. The highest BCUT2D eigenvalue weighted by Gasteiger charge is 2.46. The van der Waals surface area contributed by atoms with Crippen molar-refractivity contribution in [2.75, 3.05) is 6.54 Å². The molecule has 1 unspecified atom stereocenters. The van der Waals surface area contributed by atoms with Crippen LogP contribution in [0.15, 0.2) is 18.2 Å². The molecule has 1 saturated carbocycles. The molecule has 1 fully saturated rings. The van der Waals surface area contributed by atoms with Gasteiger partial charge in [-0.15, -0.1) is 0 Å². The van der Waals surface area contributed by atoms with Crippen LogP contribution in [0.3, 0.4) is 0 Å². The molecule has 0 bridgehead atoms. The van der Waals surface area contributed by atoms with Gasteiger partial charge in [0.1, 0.15) is 0 Å². The smallest absolute Gasteiger partial charge is 0.251 e. The number of benzene rings is 1. The molecule has 1 aliphatic carbocycles. The first-order valence-electron chi connectivity index (χ1n) is 6.54. The lowest BCUT2D eigenvalue weighted by Gasteiger charge is -2.08. The monoisotopic (exact) mass is 256 g/mol. The standard InChI is InChI=1S/C16H20N2O/c1-11-9-13(7-6-12(11)5-4-8-17)15(19)18-14-10-16(14,2)3/h6-7,9,14H,8,10,17H2,1-3H3,(H,18,19). The first kappa shape index (κ1) is 13.6. The van der Waals surface area contributed by atoms with Gasteiger partial charge in [0.15, 0.2) is 0 Å². The zero-order chi connectivity index (χ0) is 14.0. The molecule has 1 aromatic rings. The van der Waals surface area contributed by atoms with Gasteiger partial charge in [0.05, 0.1) is 6.54 Å². The minimum atomic E-state index is -0.00277. The van der Waals surface area contributed by atoms with Gasteiger partial charge in [0, 0.05) is 17.2 Å². The third-order valence-electron chi connectivity index (χ3n) is 3.63. The molecule has 2 rings (SSSR count). The molecule has 1 atom stereocenters. The average molecular weight is 256 g/mol. The quantitative estimate of drug-likeness (QED) is 0.793. The Labute approximate surface area is 114 Å². The van der Waals surface area contributed by atoms with E-state index in [4.69, 9.17) is 5.73 Å². The van der Waals surface area contributed by atoms with E-state index in [1.165, 1.54) is 0 Å². The molecule has 0 aromatic heterocycles. The van der Waals surface area contributed by atoms with Crippen molar-refractivity contribution >= 4 is 5.91 Å². The molecule has 0 spiro atoms. The van der Waals surface area contributed by atoms with Gasteiger partial charge < -0.3 is 11.1 Å². The molecule has 0 radical (unpaired) electrons. The number of nitrogens with two attached hydrogens (primary N) is 1. The third-order valence-corrected chi connectivity index (χ3v) is 3.63. The largest absolute Gasteiger partial charge is 0.349 e. The Hall–Kier alpha value is -1.79. The second-order valence-corrected chi connectivity index (χ2v) is 5.75. The van der Waals surface area contributed by atoms with Crippen molar-refractivity contribution in [2.45, 2.75) is 33.2 Å². The van der Waals surface area contributed by atoms with E-state index in [2.05, 4.69) is 31.0 Å². The molecule has 1 aliphatic rings. The summed E-state index contributed by atoms with van der Waals surface area (Å²) in [6.45, 7) is 6.63. The van der Waals surface area contributed by atoms with E-state index in [-0.39, 0.29) is 11.3 Å². The van der Waals surface area contributed by atoms with Crippen LogP contribution in [0.2, 0.25) is 0 Å². The average Bonchev–Trinajstić information content (AvgIpc) is 2.94. The van der Waals surface area contributed by atoms with Crippen LogP contribution in [-0.4, -0.2) is 18.5 Å². The first-order valence-corrected chi connectivity index (χ1v) is 6.54. The number of nitrogens with one attached hydrogen (secondary N) is 1. The first-order chi connectivity index (χ1) is 8.94. The van der Waals surface area contributed by atoms with Gasteiger partial charge in [0.25, 0.3) is 5.91 Å². The van der Waals surface area contributed by atoms with E-state index in [0.717, 1.165) is 17.5 Å². The van der Waals surface area contributed by atoms with Crippen molar-refractivity contribution in [1.82, 2.24) is 5.32 Å². The topological polar surface area (TPSA) is 55.1 Å². The van der Waals surface area contributed by atoms with Crippen molar-refractivity contribution in [3.05, 3.63) is 34.9 Å². The zero-order valence-corrected chi connectivity index (χ0v) is 11.7. The number of aryl methyl sites for hydroxylation is 1. The molecule has 1 amide bonds. The molecule has 100 valence electrons. The molecule has 19 heavy (non-hydrogen) atoms. The van der Waals surface area contributed by atoms with Crippen LogP contribution in [0.4, 0.5) is 0 Å². The van der Waals surface area contributed by atoms with Crippen molar-refractivity contribution in [3.63, 3.8) is 0 Å². The molecule has 0 aliphatic heterocycles. The van der Waals surface area contributed by atoms with E-state index < -0.39 is 0 Å². The van der Waals surface area contributed by atoms with E-state index in [1.807, 2.05) is 25.1 Å². The Morgan fingerprint density at radius 2 is 2.21 bits per heavy atom. The van der Waals surface area contributed by atoms with Crippen LogP contribution in [0.25, 0.3) is 0 Å². The molecule has 3 N–H and O–H groups in total. The van der Waals surface area contributed by atoms with Gasteiger partial charge in [-0.2, -0.15) is 0 Å². The van der Waals surface area contributed by atoms with E-state index in [1.54, 1.807) is 0 Å². The summed E-state index contributed by atoms with van der Waals surface area (Å²) >= 11 is 0. The second kappa shape index (κ2) is 5.07. The highest BCUT2D eigenvalue weighted by atomic mass is 16.1. The summed E-state index contributed by atoms with van der Waals surface area (Å²) in [6.07, 6.45) is 1.05. The predicted molar refractivity (Wildman–Crippen MR) is 76.8 cm³/mol. The fourth-order valence-corrected chi connectivity index (χ4v) is 2.05. The van der Waals surface area contributed by atoms with Crippen LogP contribution >= 0.6 is 0 Å². The summed E-state index contributed by atoms with van der Waals surface area (Å²) in [5.41, 5.74) is 8.22. The maximum absolute atomic E-state index is 12.1. The van der Waals surface area contributed by atoms with Crippen LogP contribution in [0.5, 0.6) is 0 Å². The van der Waals surface area contributed by atoms with E-state index >= 15 is 0 Å². The maximum atomic E-state index is 12.1. The summed E-state index contributed by atoms with van der Waals surface area (Å²) in [7, 11) is 0. The Morgan fingerprint density at radius 1 is 1.53 bits per heavy atom. The van der Waals surface area contributed by atoms with Crippen molar-refractivity contribution in [3.8, 4) is 11.8 Å². The summed E-state index contributed by atoms with van der Waals surface area (Å²) in [6, 6.07) is 5.88. The predicted octanol–water partition coefficient (Wildman–Crippen LogP) is 1.83. The lowest BCUT2D eigenvalue weighted by atomic mass is 10.0. The zero-order valence-electron chi connectivity index (χ0n) is 11.7. The Morgan fingerprint density at radius 3 is 2.74 bits per heavy atom. The van der Waals surface area contributed by atoms with Crippen molar-refractivity contribution in [2.24, 2.45) is 11.1 Å². The van der Waals surface area contributed by atoms with Gasteiger partial charge in [-0.25, -0.2) is 0 Å². The Kier molecular flexibility index (Phi) is 3.64. The number of hydrogen-bond acceptors (Lipinski definition) is 2. The third kappa shape index (κ3) is 3.15. The number of amides is 1. The minimum absolute atomic E-state index is 0.00277. The van der Waals surface area contributed by atoms with Crippen molar-refractivity contribution in [1.29, 1.82) is 0 Å². The molecule has 0 heterocycles. The fourth-order valence-electron chi connectivity index (χ4n) is 2.05. The molecule has 1 aromatic carbocycles. The summed E-state index contributed by atoms with van der Waals surface area (Å²) in [5.74, 6) is 5.82. The van der Waals surface area contributed by atoms with Gasteiger partial charge in [-0.3, -0.25) is 4.79 Å². The van der Waals surface area contributed by atoms with Gasteiger partial charge in [0.2, 0.25) is 0 Å². The van der Waals surface area contributed by atoms with Gasteiger partial charge in [-0.1, -0.05) is 25.7 Å². The van der Waals surface area contributed by atoms with Crippen LogP contribution < -0.4 is 11.1 Å². The second-order valence-electron chi connectivity index (χ2n) is 5.75. The van der Waals surface area contributed by atoms with Gasteiger partial charge >= 0.3 is 0 Å². The molecule has 0 saturated heterocycles. The number of rotatable bonds is 2. The summed E-state index contributed by atoms with van der Waals surface area (Å²) in [4.78, 5) is 12.1. The highest BCUT2D eigenvalue weighted by molar-refractivity contribution is 5.95. The minimum Gasteiger partial charge on any atom is -0.349 e. The molecular formula is C16H20N2O. The number of carbonyl (C=O) groups is 1. The molecular weight excluding hydrogens is 236 g/mol. The summed E-state index contributed by atoms with van der Waals surface area (Å²) in [5, 5.41) is 3.06. The van der Waals surface area contributed by atoms with Gasteiger partial charge in [-0.05, 0) is 42.5 Å². The van der Waals surface area contributed by atoms with Crippen LogP contribution in [0.1, 0.15) is 41.8 Å². The highest BCUT2D eigenvalue weighted by Crippen LogP contribution is 2.44. The number of carbonyl (C=O) groups excluding carboxylic acids is 1. The normalized spacial score (nSPS) is 19.3. The van der Waals surface area contributed by atoms with E-state index in [0.29, 0.717) is 18.2 Å². The lowest BCUT2D eigenvalue weighted by Crippen LogP contribution is -2.28. The van der Waals surface area contributed by atoms with Crippen LogP contribution in [0, 0.1) is 24.2 Å². The maximum Gasteiger partial charge on any atom is 0.251 e. The summed E-state index contributed by atoms with van der Waals surface area (Å²) < 4.78 is 0. The fraction of sp³-hybridized carbons (Fsp3) is 0.438. The molecule has 3 nitrogen and oxygen atoms in total. The number of hydrogen-bond donors (Lipinski definition) is 2.